The second kappa shape index (κ2) is 7.09. The molecule has 128 valence electrons. The summed E-state index contributed by atoms with van der Waals surface area (Å²) in [5, 5.41) is 11.4. The Balaban J connectivity index is 2.25. The molecule has 2 aromatic rings. The molecule has 9 heteroatoms. The van der Waals surface area contributed by atoms with Gasteiger partial charge in [-0.3, -0.25) is 9.59 Å². The monoisotopic (exact) mass is 348 g/mol. The zero-order valence-electron chi connectivity index (χ0n) is 12.8. The van der Waals surface area contributed by atoms with Crippen molar-refractivity contribution in [2.24, 2.45) is 5.92 Å². The SMILES string of the molecule is Cc1nc(C(F)(F)F)ccc1C(=O)[C@@H](C#N)C(=O)Nc1ccccn1. The Kier molecular flexibility index (Phi) is 5.12. The Morgan fingerprint density at radius 2 is 1.96 bits per heavy atom. The number of ketones is 1. The summed E-state index contributed by atoms with van der Waals surface area (Å²) in [4.78, 5) is 31.6. The number of pyridine rings is 2. The first-order valence-electron chi connectivity index (χ1n) is 6.94. The number of Topliss-reactive ketones (excluding diaryl/α,β-unsaturated/α-hetero) is 1. The molecular formula is C16H11F3N4O2. The van der Waals surface area contributed by atoms with Crippen LogP contribution < -0.4 is 5.32 Å². The van der Waals surface area contributed by atoms with Gasteiger partial charge in [-0.2, -0.15) is 18.4 Å². The van der Waals surface area contributed by atoms with Crippen molar-refractivity contribution in [2.75, 3.05) is 5.32 Å². The molecule has 1 amide bonds. The fourth-order valence-corrected chi connectivity index (χ4v) is 2.01. The molecule has 1 N–H and O–H groups in total. The lowest BCUT2D eigenvalue weighted by Gasteiger charge is -2.12. The molecule has 0 aliphatic rings. The van der Waals surface area contributed by atoms with Gasteiger partial charge < -0.3 is 5.32 Å². The maximum Gasteiger partial charge on any atom is 0.433 e. The van der Waals surface area contributed by atoms with Crippen LogP contribution in [0.15, 0.2) is 36.5 Å². The Bertz CT molecular complexity index is 845. The van der Waals surface area contributed by atoms with Crippen LogP contribution in [0.3, 0.4) is 0 Å². The summed E-state index contributed by atoms with van der Waals surface area (Å²) in [7, 11) is 0. The van der Waals surface area contributed by atoms with Crippen molar-refractivity contribution in [1.82, 2.24) is 9.97 Å². The number of carbonyl (C=O) groups is 2. The molecule has 0 aliphatic heterocycles. The number of rotatable bonds is 4. The average Bonchev–Trinajstić information content (AvgIpc) is 2.55. The summed E-state index contributed by atoms with van der Waals surface area (Å²) in [5.74, 6) is -3.46. The third-order valence-electron chi connectivity index (χ3n) is 3.21. The van der Waals surface area contributed by atoms with E-state index in [0.717, 1.165) is 6.07 Å². The van der Waals surface area contributed by atoms with Crippen molar-refractivity contribution >= 4 is 17.5 Å². The molecule has 2 rings (SSSR count). The zero-order chi connectivity index (χ0) is 18.6. The summed E-state index contributed by atoms with van der Waals surface area (Å²) in [6, 6.07) is 7.76. The maximum absolute atomic E-state index is 12.6. The number of alkyl halides is 3. The number of hydrogen-bond acceptors (Lipinski definition) is 5. The second-order valence-corrected chi connectivity index (χ2v) is 4.96. The van der Waals surface area contributed by atoms with E-state index < -0.39 is 29.5 Å². The minimum Gasteiger partial charge on any atom is -0.309 e. The third-order valence-corrected chi connectivity index (χ3v) is 3.21. The van der Waals surface area contributed by atoms with E-state index in [9.17, 15) is 22.8 Å². The molecule has 0 unspecified atom stereocenters. The number of hydrogen-bond donors (Lipinski definition) is 1. The standard InChI is InChI=1S/C16H11F3N4O2/c1-9-10(5-6-12(22-9)16(17,18)19)14(24)11(8-20)15(25)23-13-4-2-3-7-21-13/h2-7,11H,1H3,(H,21,23,25)/t11-/m1/s1. The van der Waals surface area contributed by atoms with Gasteiger partial charge in [0.25, 0.3) is 5.91 Å². The number of halogens is 3. The van der Waals surface area contributed by atoms with E-state index in [1.54, 1.807) is 18.2 Å². The van der Waals surface area contributed by atoms with Crippen LogP contribution in [0, 0.1) is 24.2 Å². The average molecular weight is 348 g/mol. The Morgan fingerprint density at radius 1 is 1.24 bits per heavy atom. The van der Waals surface area contributed by atoms with E-state index in [4.69, 9.17) is 5.26 Å². The summed E-state index contributed by atoms with van der Waals surface area (Å²) >= 11 is 0. The normalized spacial score (nSPS) is 12.1. The molecule has 0 bridgehead atoms. The Hall–Kier alpha value is -3.28. The van der Waals surface area contributed by atoms with Crippen LogP contribution in [0.5, 0.6) is 0 Å². The quantitative estimate of drug-likeness (QED) is 0.677. The van der Waals surface area contributed by atoms with Crippen LogP contribution in [-0.2, 0) is 11.0 Å². The summed E-state index contributed by atoms with van der Waals surface area (Å²) in [6.45, 7) is 1.20. The van der Waals surface area contributed by atoms with Crippen molar-refractivity contribution in [2.45, 2.75) is 13.1 Å². The molecule has 0 fully saturated rings. The van der Waals surface area contributed by atoms with Crippen molar-refractivity contribution in [3.8, 4) is 6.07 Å². The number of anilines is 1. The summed E-state index contributed by atoms with van der Waals surface area (Å²) in [6.07, 6.45) is -3.25. The van der Waals surface area contributed by atoms with Crippen LogP contribution in [0.2, 0.25) is 0 Å². The lowest BCUT2D eigenvalue weighted by molar-refractivity contribution is -0.141. The highest BCUT2D eigenvalue weighted by atomic mass is 19.4. The first kappa shape index (κ1) is 18.1. The maximum atomic E-state index is 12.6. The smallest absolute Gasteiger partial charge is 0.309 e. The predicted molar refractivity (Wildman–Crippen MR) is 80.3 cm³/mol. The van der Waals surface area contributed by atoms with Crippen molar-refractivity contribution in [3.05, 3.63) is 53.5 Å². The number of nitrogens with one attached hydrogen (secondary N) is 1. The number of nitrogens with zero attached hydrogens (tertiary/aromatic N) is 3. The molecule has 6 nitrogen and oxygen atoms in total. The van der Waals surface area contributed by atoms with Crippen molar-refractivity contribution < 1.29 is 22.8 Å². The van der Waals surface area contributed by atoms with E-state index in [1.165, 1.54) is 19.2 Å². The number of amides is 1. The first-order valence-corrected chi connectivity index (χ1v) is 6.94. The lowest BCUT2D eigenvalue weighted by atomic mass is 9.96. The number of aryl methyl sites for hydroxylation is 1. The molecule has 0 aromatic carbocycles. The highest BCUT2D eigenvalue weighted by Gasteiger charge is 2.34. The molecule has 0 radical (unpaired) electrons. The number of carbonyl (C=O) groups excluding carboxylic acids is 2. The lowest BCUT2D eigenvalue weighted by Crippen LogP contribution is -2.29. The summed E-state index contributed by atoms with van der Waals surface area (Å²) in [5.41, 5.74) is -1.60. The van der Waals surface area contributed by atoms with E-state index in [-0.39, 0.29) is 17.1 Å². The molecule has 0 saturated carbocycles. The van der Waals surface area contributed by atoms with Gasteiger partial charge in [0, 0.05) is 17.5 Å². The fourth-order valence-electron chi connectivity index (χ4n) is 2.01. The molecule has 2 aromatic heterocycles. The van der Waals surface area contributed by atoms with E-state index in [1.807, 2.05) is 0 Å². The van der Waals surface area contributed by atoms with E-state index in [2.05, 4.69) is 15.3 Å². The minimum absolute atomic E-state index is 0.141. The van der Waals surface area contributed by atoms with E-state index in [0.29, 0.717) is 6.07 Å². The van der Waals surface area contributed by atoms with Gasteiger partial charge in [-0.15, -0.1) is 0 Å². The summed E-state index contributed by atoms with van der Waals surface area (Å²) < 4.78 is 37.9. The molecule has 0 saturated heterocycles. The highest BCUT2D eigenvalue weighted by Crippen LogP contribution is 2.28. The number of aromatic nitrogens is 2. The molecule has 0 aliphatic carbocycles. The van der Waals surface area contributed by atoms with Crippen LogP contribution in [0.1, 0.15) is 21.7 Å². The first-order chi connectivity index (χ1) is 11.7. The molecule has 2 heterocycles. The van der Waals surface area contributed by atoms with Gasteiger partial charge in [-0.05, 0) is 31.2 Å². The zero-order valence-corrected chi connectivity index (χ0v) is 12.8. The predicted octanol–water partition coefficient (Wildman–Crippen LogP) is 2.76. The molecule has 25 heavy (non-hydrogen) atoms. The van der Waals surface area contributed by atoms with E-state index >= 15 is 0 Å². The van der Waals surface area contributed by atoms with Crippen molar-refractivity contribution in [3.63, 3.8) is 0 Å². The van der Waals surface area contributed by atoms with Crippen molar-refractivity contribution in [1.29, 1.82) is 5.26 Å². The van der Waals surface area contributed by atoms with Crippen LogP contribution in [0.4, 0.5) is 19.0 Å². The highest BCUT2D eigenvalue weighted by molar-refractivity contribution is 6.15. The number of nitriles is 1. The van der Waals surface area contributed by atoms with Gasteiger partial charge in [0.05, 0.1) is 6.07 Å². The van der Waals surface area contributed by atoms with Gasteiger partial charge >= 0.3 is 6.18 Å². The second-order valence-electron chi connectivity index (χ2n) is 4.96. The topological polar surface area (TPSA) is 95.7 Å². The van der Waals surface area contributed by atoms with Gasteiger partial charge in [-0.1, -0.05) is 6.07 Å². The fraction of sp³-hybridized carbons (Fsp3) is 0.188. The van der Waals surface area contributed by atoms with Crippen LogP contribution >= 0.6 is 0 Å². The largest absolute Gasteiger partial charge is 0.433 e. The van der Waals surface area contributed by atoms with Gasteiger partial charge in [0.15, 0.2) is 11.7 Å². The Labute approximate surface area is 140 Å². The molecule has 0 spiro atoms. The Morgan fingerprint density at radius 3 is 2.48 bits per heavy atom. The minimum atomic E-state index is -4.66. The molecular weight excluding hydrogens is 337 g/mol. The molecule has 1 atom stereocenters. The van der Waals surface area contributed by atoms with Crippen LogP contribution in [-0.4, -0.2) is 21.7 Å². The third kappa shape index (κ3) is 4.17. The van der Waals surface area contributed by atoms with Gasteiger partial charge in [-0.25, -0.2) is 9.97 Å². The van der Waals surface area contributed by atoms with Gasteiger partial charge in [0.2, 0.25) is 0 Å². The van der Waals surface area contributed by atoms with Gasteiger partial charge in [0.1, 0.15) is 11.5 Å². The van der Waals surface area contributed by atoms with Crippen LogP contribution in [0.25, 0.3) is 0 Å².